The Morgan fingerprint density at radius 1 is 1.23 bits per heavy atom. The van der Waals surface area contributed by atoms with Gasteiger partial charge in [-0.05, 0) is 42.6 Å². The Hall–Kier alpha value is -2.58. The van der Waals surface area contributed by atoms with Crippen LogP contribution < -0.4 is 5.32 Å². The number of thiazole rings is 1. The third kappa shape index (κ3) is 4.53. The molecule has 0 spiro atoms. The number of hydrogen-bond donors (Lipinski definition) is 1. The number of ether oxygens (including phenoxy) is 1. The summed E-state index contributed by atoms with van der Waals surface area (Å²) in [4.78, 5) is 29.2. The summed E-state index contributed by atoms with van der Waals surface area (Å²) in [6, 6.07) is 9.51. The van der Waals surface area contributed by atoms with E-state index in [1.807, 2.05) is 24.4 Å². The van der Waals surface area contributed by atoms with Crippen molar-refractivity contribution in [1.29, 1.82) is 0 Å². The first-order valence-corrected chi connectivity index (χ1v) is 9.50. The van der Waals surface area contributed by atoms with Crippen molar-refractivity contribution in [3.63, 3.8) is 0 Å². The lowest BCUT2D eigenvalue weighted by atomic mass is 10.2. The number of rotatable bonds is 6. The molecule has 0 bridgehead atoms. The normalized spacial score (nSPS) is 11.8. The van der Waals surface area contributed by atoms with Crippen molar-refractivity contribution in [3.05, 3.63) is 63.5 Å². The molecule has 0 unspecified atom stereocenters. The minimum absolute atomic E-state index is 0.119. The summed E-state index contributed by atoms with van der Waals surface area (Å²) in [5, 5.41) is 6.82. The first-order chi connectivity index (χ1) is 12.5. The fraction of sp³-hybridized carbons (Fsp3) is 0.167. The van der Waals surface area contributed by atoms with E-state index in [1.54, 1.807) is 28.8 Å². The monoisotopic (exact) mass is 390 g/mol. The van der Waals surface area contributed by atoms with E-state index < -0.39 is 5.97 Å². The van der Waals surface area contributed by atoms with E-state index in [0.717, 1.165) is 4.88 Å². The van der Waals surface area contributed by atoms with E-state index >= 15 is 0 Å². The molecule has 5 nitrogen and oxygen atoms in total. The van der Waals surface area contributed by atoms with Gasteiger partial charge in [0.05, 0.1) is 6.04 Å². The van der Waals surface area contributed by atoms with Crippen LogP contribution in [0.25, 0.3) is 10.6 Å². The quantitative estimate of drug-likeness (QED) is 0.645. The first kappa shape index (κ1) is 18.2. The number of benzene rings is 1. The molecule has 0 aliphatic heterocycles. The Morgan fingerprint density at radius 3 is 2.69 bits per heavy atom. The molecular formula is C18H15FN2O3S2. The standard InChI is InChI=1S/C18H15FN2O3S2/c1-11(15-3-2-8-25-15)20-16(22)9-24-18(23)14-10-26-17(21-14)12-4-6-13(19)7-5-12/h2-8,10-11H,9H2,1H3,(H,20,22)/t11-/m0/s1. The molecule has 134 valence electrons. The van der Waals surface area contributed by atoms with Gasteiger partial charge >= 0.3 is 5.97 Å². The number of carbonyl (C=O) groups excluding carboxylic acids is 2. The van der Waals surface area contributed by atoms with Gasteiger partial charge in [-0.3, -0.25) is 4.79 Å². The predicted molar refractivity (Wildman–Crippen MR) is 98.7 cm³/mol. The number of thiophene rings is 1. The van der Waals surface area contributed by atoms with Crippen LogP contribution in [-0.4, -0.2) is 23.5 Å². The predicted octanol–water partition coefficient (Wildman–Crippen LogP) is 4.04. The molecule has 2 aromatic heterocycles. The second-order valence-corrected chi connectivity index (χ2v) is 7.26. The number of nitrogens with zero attached hydrogens (tertiary/aromatic N) is 1. The van der Waals surface area contributed by atoms with Crippen LogP contribution in [0.1, 0.15) is 28.3 Å². The second kappa shape index (κ2) is 8.20. The number of carbonyl (C=O) groups is 2. The third-order valence-corrected chi connectivity index (χ3v) is 5.43. The minimum atomic E-state index is -0.673. The fourth-order valence-electron chi connectivity index (χ4n) is 2.19. The molecule has 0 fully saturated rings. The van der Waals surface area contributed by atoms with Crippen molar-refractivity contribution in [3.8, 4) is 10.6 Å². The molecular weight excluding hydrogens is 375 g/mol. The Balaban J connectivity index is 1.53. The maximum Gasteiger partial charge on any atom is 0.358 e. The molecule has 26 heavy (non-hydrogen) atoms. The molecule has 0 aliphatic rings. The fourth-order valence-corrected chi connectivity index (χ4v) is 3.72. The van der Waals surface area contributed by atoms with Crippen LogP contribution in [0.4, 0.5) is 4.39 Å². The molecule has 0 aliphatic carbocycles. The van der Waals surface area contributed by atoms with E-state index in [2.05, 4.69) is 10.3 Å². The SMILES string of the molecule is C[C@H](NC(=O)COC(=O)c1csc(-c2ccc(F)cc2)n1)c1cccs1. The van der Waals surface area contributed by atoms with E-state index in [0.29, 0.717) is 10.6 Å². The molecule has 1 N–H and O–H groups in total. The maximum atomic E-state index is 13.0. The summed E-state index contributed by atoms with van der Waals surface area (Å²) >= 11 is 2.79. The Kier molecular flexibility index (Phi) is 5.75. The van der Waals surface area contributed by atoms with Crippen LogP contribution in [0, 0.1) is 5.82 Å². The number of nitrogens with one attached hydrogen (secondary N) is 1. The molecule has 1 atom stereocenters. The van der Waals surface area contributed by atoms with Crippen LogP contribution in [0.2, 0.25) is 0 Å². The topological polar surface area (TPSA) is 68.3 Å². The Bertz CT molecular complexity index is 892. The zero-order valence-electron chi connectivity index (χ0n) is 13.8. The van der Waals surface area contributed by atoms with Gasteiger partial charge in [-0.1, -0.05) is 6.07 Å². The van der Waals surface area contributed by atoms with Crippen LogP contribution in [0.3, 0.4) is 0 Å². The van der Waals surface area contributed by atoms with E-state index in [-0.39, 0.29) is 30.1 Å². The Morgan fingerprint density at radius 2 is 2.00 bits per heavy atom. The molecule has 1 aromatic carbocycles. The van der Waals surface area contributed by atoms with E-state index in [9.17, 15) is 14.0 Å². The number of esters is 1. The highest BCUT2D eigenvalue weighted by molar-refractivity contribution is 7.13. The van der Waals surface area contributed by atoms with Crippen LogP contribution in [-0.2, 0) is 9.53 Å². The zero-order chi connectivity index (χ0) is 18.5. The molecule has 1 amide bonds. The van der Waals surface area contributed by atoms with Crippen molar-refractivity contribution < 1.29 is 18.7 Å². The molecule has 3 rings (SSSR count). The number of aromatic nitrogens is 1. The van der Waals surface area contributed by atoms with Crippen molar-refractivity contribution in [1.82, 2.24) is 10.3 Å². The highest BCUT2D eigenvalue weighted by Crippen LogP contribution is 2.24. The van der Waals surface area contributed by atoms with Gasteiger partial charge in [0.2, 0.25) is 0 Å². The highest BCUT2D eigenvalue weighted by Gasteiger charge is 2.16. The van der Waals surface area contributed by atoms with Crippen molar-refractivity contribution in [2.24, 2.45) is 0 Å². The number of amides is 1. The summed E-state index contributed by atoms with van der Waals surface area (Å²) in [5.74, 6) is -1.39. The largest absolute Gasteiger partial charge is 0.451 e. The molecule has 2 heterocycles. The highest BCUT2D eigenvalue weighted by atomic mass is 32.1. The second-order valence-electron chi connectivity index (χ2n) is 5.43. The number of halogens is 1. The zero-order valence-corrected chi connectivity index (χ0v) is 15.4. The number of hydrogen-bond acceptors (Lipinski definition) is 6. The summed E-state index contributed by atoms with van der Waals surface area (Å²) in [6.45, 7) is 1.49. The third-order valence-electron chi connectivity index (χ3n) is 3.49. The smallest absolute Gasteiger partial charge is 0.358 e. The Labute approximate surface area is 157 Å². The van der Waals surface area contributed by atoms with Crippen LogP contribution >= 0.6 is 22.7 Å². The van der Waals surface area contributed by atoms with E-state index in [4.69, 9.17) is 4.74 Å². The van der Waals surface area contributed by atoms with Gasteiger partial charge in [-0.15, -0.1) is 22.7 Å². The van der Waals surface area contributed by atoms with Gasteiger partial charge in [-0.25, -0.2) is 14.2 Å². The van der Waals surface area contributed by atoms with Gasteiger partial charge in [0.25, 0.3) is 5.91 Å². The van der Waals surface area contributed by atoms with Crippen LogP contribution in [0.15, 0.2) is 47.2 Å². The maximum absolute atomic E-state index is 13.0. The average Bonchev–Trinajstić information content (AvgIpc) is 3.32. The van der Waals surface area contributed by atoms with Crippen LogP contribution in [0.5, 0.6) is 0 Å². The van der Waals surface area contributed by atoms with Gasteiger partial charge in [0.1, 0.15) is 10.8 Å². The minimum Gasteiger partial charge on any atom is -0.451 e. The first-order valence-electron chi connectivity index (χ1n) is 7.74. The van der Waals surface area contributed by atoms with Gasteiger partial charge < -0.3 is 10.1 Å². The molecule has 8 heteroatoms. The lowest BCUT2D eigenvalue weighted by Crippen LogP contribution is -2.30. The summed E-state index contributed by atoms with van der Waals surface area (Å²) in [5.41, 5.74) is 0.825. The summed E-state index contributed by atoms with van der Waals surface area (Å²) in [7, 11) is 0. The molecule has 0 radical (unpaired) electrons. The lowest BCUT2D eigenvalue weighted by Gasteiger charge is -2.11. The molecule has 0 saturated heterocycles. The average molecular weight is 390 g/mol. The molecule has 3 aromatic rings. The van der Waals surface area contributed by atoms with Crippen molar-refractivity contribution in [2.75, 3.05) is 6.61 Å². The summed E-state index contributed by atoms with van der Waals surface area (Å²) < 4.78 is 18.0. The summed E-state index contributed by atoms with van der Waals surface area (Å²) in [6.07, 6.45) is 0. The van der Waals surface area contributed by atoms with Gasteiger partial charge in [0.15, 0.2) is 12.3 Å². The van der Waals surface area contributed by atoms with Gasteiger partial charge in [0, 0.05) is 15.8 Å². The molecule has 0 saturated carbocycles. The van der Waals surface area contributed by atoms with E-state index in [1.165, 1.54) is 23.5 Å². The van der Waals surface area contributed by atoms with Crippen molar-refractivity contribution in [2.45, 2.75) is 13.0 Å². The van der Waals surface area contributed by atoms with Crippen molar-refractivity contribution >= 4 is 34.6 Å². The lowest BCUT2D eigenvalue weighted by molar-refractivity contribution is -0.124. The van der Waals surface area contributed by atoms with Gasteiger partial charge in [-0.2, -0.15) is 0 Å².